The Hall–Kier alpha value is -1.32. The maximum Gasteiger partial charge on any atom is 0.123 e. The Balaban J connectivity index is 2.79. The molecular formula is C9H7BrFN3. The molecule has 72 valence electrons. The first-order chi connectivity index (χ1) is 6.74. The summed E-state index contributed by atoms with van der Waals surface area (Å²) < 4.78 is 13.6. The molecule has 0 aliphatic heterocycles. The highest BCUT2D eigenvalue weighted by molar-refractivity contribution is 9.10. The van der Waals surface area contributed by atoms with Crippen molar-refractivity contribution in [2.75, 3.05) is 6.54 Å². The van der Waals surface area contributed by atoms with Gasteiger partial charge in [-0.15, -0.1) is 0 Å². The third-order valence-electron chi connectivity index (χ3n) is 1.51. The van der Waals surface area contributed by atoms with Crippen molar-refractivity contribution < 1.29 is 4.39 Å². The number of halogens is 2. The molecule has 0 aliphatic carbocycles. The van der Waals surface area contributed by atoms with Gasteiger partial charge >= 0.3 is 0 Å². The van der Waals surface area contributed by atoms with Crippen LogP contribution in [0.5, 0.6) is 0 Å². The number of azide groups is 1. The van der Waals surface area contributed by atoms with Crippen molar-refractivity contribution >= 4 is 22.0 Å². The van der Waals surface area contributed by atoms with Crippen LogP contribution in [0.4, 0.5) is 4.39 Å². The summed E-state index contributed by atoms with van der Waals surface area (Å²) in [6.45, 7) is 0.263. The van der Waals surface area contributed by atoms with E-state index >= 15 is 0 Å². The molecule has 0 aromatic heterocycles. The van der Waals surface area contributed by atoms with Crippen LogP contribution in [0, 0.1) is 5.82 Å². The molecule has 0 amide bonds. The van der Waals surface area contributed by atoms with Gasteiger partial charge in [-0.2, -0.15) is 0 Å². The molecule has 0 aliphatic rings. The Morgan fingerprint density at radius 3 is 3.07 bits per heavy atom. The fourth-order valence-electron chi connectivity index (χ4n) is 0.906. The summed E-state index contributed by atoms with van der Waals surface area (Å²) in [5.41, 5.74) is 8.74. The van der Waals surface area contributed by atoms with Crippen molar-refractivity contribution in [1.29, 1.82) is 0 Å². The van der Waals surface area contributed by atoms with Gasteiger partial charge in [0.1, 0.15) is 5.82 Å². The SMILES string of the molecule is [N-]=[N+]=NCC=Cc1cc(F)ccc1Br. The molecule has 0 bridgehead atoms. The van der Waals surface area contributed by atoms with Crippen molar-refractivity contribution in [3.8, 4) is 0 Å². The zero-order valence-corrected chi connectivity index (χ0v) is 8.78. The van der Waals surface area contributed by atoms with Crippen molar-refractivity contribution in [2.45, 2.75) is 0 Å². The lowest BCUT2D eigenvalue weighted by Crippen LogP contribution is -1.79. The van der Waals surface area contributed by atoms with E-state index in [4.69, 9.17) is 5.53 Å². The third-order valence-corrected chi connectivity index (χ3v) is 2.23. The van der Waals surface area contributed by atoms with Gasteiger partial charge in [0.15, 0.2) is 0 Å². The van der Waals surface area contributed by atoms with Crippen LogP contribution < -0.4 is 0 Å². The van der Waals surface area contributed by atoms with E-state index in [1.54, 1.807) is 18.2 Å². The lowest BCUT2D eigenvalue weighted by Gasteiger charge is -1.97. The van der Waals surface area contributed by atoms with E-state index in [0.717, 1.165) is 10.0 Å². The molecule has 0 unspecified atom stereocenters. The second-order valence-corrected chi connectivity index (χ2v) is 3.34. The predicted octanol–water partition coefficient (Wildman–Crippen LogP) is 3.91. The Bertz CT molecular complexity index is 397. The molecule has 0 saturated heterocycles. The number of nitrogens with zero attached hydrogens (tertiary/aromatic N) is 3. The molecule has 0 radical (unpaired) electrons. The Kier molecular flexibility index (Phi) is 4.16. The molecule has 1 aromatic carbocycles. The minimum atomic E-state index is -0.295. The summed E-state index contributed by atoms with van der Waals surface area (Å²) in [7, 11) is 0. The molecule has 14 heavy (non-hydrogen) atoms. The van der Waals surface area contributed by atoms with Crippen molar-refractivity contribution in [1.82, 2.24) is 0 Å². The van der Waals surface area contributed by atoms with Gasteiger partial charge < -0.3 is 0 Å². The molecule has 1 aromatic rings. The van der Waals surface area contributed by atoms with Crippen molar-refractivity contribution in [3.05, 3.63) is 50.6 Å². The van der Waals surface area contributed by atoms with Gasteiger partial charge in [0, 0.05) is 15.9 Å². The topological polar surface area (TPSA) is 48.8 Å². The molecule has 0 heterocycles. The molecular weight excluding hydrogens is 249 g/mol. The fraction of sp³-hybridized carbons (Fsp3) is 0.111. The minimum Gasteiger partial charge on any atom is -0.207 e. The Labute approximate surface area is 89.0 Å². The number of hydrogen-bond donors (Lipinski definition) is 0. The highest BCUT2D eigenvalue weighted by Gasteiger charge is 1.96. The van der Waals surface area contributed by atoms with Crippen LogP contribution in [0.25, 0.3) is 16.5 Å². The van der Waals surface area contributed by atoms with E-state index in [-0.39, 0.29) is 12.4 Å². The van der Waals surface area contributed by atoms with Crippen LogP contribution >= 0.6 is 15.9 Å². The van der Waals surface area contributed by atoms with E-state index in [1.807, 2.05) is 0 Å². The number of hydrogen-bond acceptors (Lipinski definition) is 1. The fourth-order valence-corrected chi connectivity index (χ4v) is 1.28. The van der Waals surface area contributed by atoms with Crippen molar-refractivity contribution in [3.63, 3.8) is 0 Å². The van der Waals surface area contributed by atoms with Gasteiger partial charge in [0.05, 0.1) is 0 Å². The van der Waals surface area contributed by atoms with E-state index in [2.05, 4.69) is 26.0 Å². The van der Waals surface area contributed by atoms with Crippen LogP contribution in [-0.4, -0.2) is 6.54 Å². The monoisotopic (exact) mass is 255 g/mol. The highest BCUT2D eigenvalue weighted by atomic mass is 79.9. The van der Waals surface area contributed by atoms with Crippen LogP contribution in [0.2, 0.25) is 0 Å². The average Bonchev–Trinajstić information content (AvgIpc) is 2.18. The number of rotatable bonds is 3. The summed E-state index contributed by atoms with van der Waals surface area (Å²) in [5.74, 6) is -0.295. The first kappa shape index (κ1) is 10.8. The van der Waals surface area contributed by atoms with Gasteiger partial charge in [-0.05, 0) is 29.3 Å². The predicted molar refractivity (Wildman–Crippen MR) is 57.1 cm³/mol. The first-order valence-corrected chi connectivity index (χ1v) is 4.66. The van der Waals surface area contributed by atoms with Gasteiger partial charge in [0.2, 0.25) is 0 Å². The standard InChI is InChI=1S/C9H7BrFN3/c10-9-4-3-8(11)6-7(9)2-1-5-13-14-12/h1-4,6H,5H2. The summed E-state index contributed by atoms with van der Waals surface area (Å²) in [6, 6.07) is 4.40. The first-order valence-electron chi connectivity index (χ1n) is 3.86. The second kappa shape index (κ2) is 5.42. The van der Waals surface area contributed by atoms with Gasteiger partial charge in [-0.3, -0.25) is 0 Å². The molecule has 0 atom stereocenters. The van der Waals surface area contributed by atoms with Crippen LogP contribution in [0.1, 0.15) is 5.56 Å². The summed E-state index contributed by atoms with van der Waals surface area (Å²) >= 11 is 3.28. The number of benzene rings is 1. The van der Waals surface area contributed by atoms with E-state index in [9.17, 15) is 4.39 Å². The van der Waals surface area contributed by atoms with Crippen molar-refractivity contribution in [2.24, 2.45) is 5.11 Å². The van der Waals surface area contributed by atoms with Crippen LogP contribution in [0.3, 0.4) is 0 Å². The Morgan fingerprint density at radius 2 is 2.36 bits per heavy atom. The molecule has 1 rings (SSSR count). The van der Waals surface area contributed by atoms with Gasteiger partial charge in [-0.25, -0.2) is 4.39 Å². The summed E-state index contributed by atoms with van der Waals surface area (Å²) in [4.78, 5) is 2.59. The van der Waals surface area contributed by atoms with Crippen LogP contribution in [-0.2, 0) is 0 Å². The smallest absolute Gasteiger partial charge is 0.123 e. The summed E-state index contributed by atoms with van der Waals surface area (Å²) in [5, 5.41) is 3.32. The quantitative estimate of drug-likeness (QED) is 0.447. The lowest BCUT2D eigenvalue weighted by atomic mass is 10.2. The highest BCUT2D eigenvalue weighted by Crippen LogP contribution is 2.18. The van der Waals surface area contributed by atoms with Gasteiger partial charge in [-0.1, -0.05) is 33.2 Å². The zero-order chi connectivity index (χ0) is 10.4. The lowest BCUT2D eigenvalue weighted by molar-refractivity contribution is 0.627. The Morgan fingerprint density at radius 1 is 1.57 bits per heavy atom. The maximum absolute atomic E-state index is 12.8. The molecule has 0 fully saturated rings. The summed E-state index contributed by atoms with van der Waals surface area (Å²) in [6.07, 6.45) is 3.36. The normalized spacial score (nSPS) is 10.1. The maximum atomic E-state index is 12.8. The second-order valence-electron chi connectivity index (χ2n) is 2.48. The molecule has 0 spiro atoms. The zero-order valence-electron chi connectivity index (χ0n) is 7.19. The molecule has 3 nitrogen and oxygen atoms in total. The van der Waals surface area contributed by atoms with E-state index in [1.165, 1.54) is 12.1 Å². The van der Waals surface area contributed by atoms with E-state index < -0.39 is 0 Å². The average molecular weight is 256 g/mol. The largest absolute Gasteiger partial charge is 0.207 e. The van der Waals surface area contributed by atoms with Crippen LogP contribution in [0.15, 0.2) is 33.9 Å². The van der Waals surface area contributed by atoms with Gasteiger partial charge in [0.25, 0.3) is 0 Å². The molecule has 0 saturated carbocycles. The molecule has 5 heteroatoms. The van der Waals surface area contributed by atoms with E-state index in [0.29, 0.717) is 0 Å². The third kappa shape index (κ3) is 3.20. The molecule has 0 N–H and O–H groups in total. The minimum absolute atomic E-state index is 0.263.